The minimum absolute atomic E-state index is 0.0457. The molecule has 110 valence electrons. The normalized spacial score (nSPS) is 12.1. The molecule has 0 saturated heterocycles. The number of nitrogens with zero attached hydrogens (tertiary/aromatic N) is 1. The van der Waals surface area contributed by atoms with E-state index >= 15 is 0 Å². The van der Waals surface area contributed by atoms with Gasteiger partial charge in [-0.15, -0.1) is 0 Å². The van der Waals surface area contributed by atoms with Crippen LogP contribution >= 0.6 is 0 Å². The van der Waals surface area contributed by atoms with Crippen molar-refractivity contribution < 1.29 is 13.5 Å². The van der Waals surface area contributed by atoms with E-state index in [-0.39, 0.29) is 11.3 Å². The smallest absolute Gasteiger partial charge is 0.305 e. The van der Waals surface area contributed by atoms with E-state index in [0.29, 0.717) is 10.6 Å². The van der Waals surface area contributed by atoms with E-state index in [4.69, 9.17) is 5.73 Å². The van der Waals surface area contributed by atoms with Crippen molar-refractivity contribution in [2.75, 3.05) is 5.73 Å². The highest BCUT2D eigenvalue weighted by Gasteiger charge is 2.19. The zero-order valence-electron chi connectivity index (χ0n) is 11.2. The first-order valence-electron chi connectivity index (χ1n) is 6.06. The number of benzene rings is 2. The molecule has 21 heavy (non-hydrogen) atoms. The number of aryl methyl sites for hydroxylation is 1. The van der Waals surface area contributed by atoms with E-state index in [9.17, 15) is 18.7 Å². The summed E-state index contributed by atoms with van der Waals surface area (Å²) < 4.78 is 26.3. The van der Waals surface area contributed by atoms with Crippen LogP contribution in [0.1, 0.15) is 11.1 Å². The summed E-state index contributed by atoms with van der Waals surface area (Å²) in [7, 11) is -1.53. The summed E-state index contributed by atoms with van der Waals surface area (Å²) in [6, 6.07) is 8.83. The van der Waals surface area contributed by atoms with E-state index in [1.807, 2.05) is 0 Å². The summed E-state index contributed by atoms with van der Waals surface area (Å²) in [5.74, 6) is -1.09. The highest BCUT2D eigenvalue weighted by atomic mass is 32.2. The van der Waals surface area contributed by atoms with Gasteiger partial charge in [0, 0.05) is 22.2 Å². The van der Waals surface area contributed by atoms with Crippen molar-refractivity contribution in [1.82, 2.24) is 0 Å². The molecule has 0 aliphatic heterocycles. The first kappa shape index (κ1) is 15.1. The van der Waals surface area contributed by atoms with Crippen molar-refractivity contribution in [3.05, 3.63) is 63.5 Å². The lowest BCUT2D eigenvalue weighted by Gasteiger charge is -2.08. The molecule has 0 spiro atoms. The van der Waals surface area contributed by atoms with Gasteiger partial charge in [0.15, 0.2) is 0 Å². The monoisotopic (exact) mass is 308 g/mol. The van der Waals surface area contributed by atoms with Crippen LogP contribution in [0.2, 0.25) is 0 Å². The molecule has 2 N–H and O–H groups in total. The Hall–Kier alpha value is -2.28. The minimum Gasteiger partial charge on any atom is -0.399 e. The molecular formula is C14H13FN2O3S. The maximum atomic E-state index is 14.0. The van der Waals surface area contributed by atoms with Crippen molar-refractivity contribution >= 4 is 22.2 Å². The van der Waals surface area contributed by atoms with Gasteiger partial charge in [0.2, 0.25) is 5.82 Å². The van der Waals surface area contributed by atoms with Gasteiger partial charge < -0.3 is 5.73 Å². The molecule has 2 aromatic carbocycles. The Morgan fingerprint density at radius 3 is 2.71 bits per heavy atom. The number of nitro benzene ring substituents is 1. The Morgan fingerprint density at radius 2 is 2.05 bits per heavy atom. The average molecular weight is 308 g/mol. The fourth-order valence-corrected chi connectivity index (χ4v) is 3.26. The van der Waals surface area contributed by atoms with Gasteiger partial charge in [-0.1, -0.05) is 18.2 Å². The summed E-state index contributed by atoms with van der Waals surface area (Å²) in [5, 5.41) is 10.7. The predicted octanol–water partition coefficient (Wildman–Crippen LogP) is 2.93. The Kier molecular flexibility index (Phi) is 4.32. The van der Waals surface area contributed by atoms with Crippen LogP contribution in [0, 0.1) is 22.9 Å². The first-order chi connectivity index (χ1) is 9.90. The van der Waals surface area contributed by atoms with Crippen molar-refractivity contribution in [3.63, 3.8) is 0 Å². The predicted molar refractivity (Wildman–Crippen MR) is 78.8 cm³/mol. The Morgan fingerprint density at radius 1 is 1.33 bits per heavy atom. The van der Waals surface area contributed by atoms with E-state index in [1.165, 1.54) is 12.1 Å². The van der Waals surface area contributed by atoms with Crippen LogP contribution in [0.15, 0.2) is 41.3 Å². The molecule has 0 aromatic heterocycles. The molecule has 0 fully saturated rings. The zero-order chi connectivity index (χ0) is 15.6. The van der Waals surface area contributed by atoms with Gasteiger partial charge in [-0.05, 0) is 24.6 Å². The van der Waals surface area contributed by atoms with Gasteiger partial charge in [-0.3, -0.25) is 14.3 Å². The van der Waals surface area contributed by atoms with Crippen LogP contribution < -0.4 is 5.73 Å². The number of hydrogen-bond acceptors (Lipinski definition) is 4. The fourth-order valence-electron chi connectivity index (χ4n) is 1.90. The number of nitrogen functional groups attached to an aromatic ring is 1. The van der Waals surface area contributed by atoms with Gasteiger partial charge in [-0.25, -0.2) is 0 Å². The number of nitrogens with two attached hydrogens (primary N) is 1. The number of anilines is 1. The molecule has 0 saturated carbocycles. The molecule has 1 atom stereocenters. The molecule has 0 aliphatic carbocycles. The third kappa shape index (κ3) is 3.25. The second-order valence-electron chi connectivity index (χ2n) is 4.52. The minimum atomic E-state index is -1.53. The van der Waals surface area contributed by atoms with Gasteiger partial charge in [0.25, 0.3) is 0 Å². The topological polar surface area (TPSA) is 86.2 Å². The number of rotatable bonds is 4. The molecule has 0 aliphatic rings. The Balaban J connectivity index is 2.34. The molecule has 0 amide bonds. The molecule has 0 radical (unpaired) electrons. The third-order valence-electron chi connectivity index (χ3n) is 3.00. The Labute approximate surface area is 123 Å². The lowest BCUT2D eigenvalue weighted by atomic mass is 10.2. The van der Waals surface area contributed by atoms with E-state index in [0.717, 1.165) is 11.6 Å². The quantitative estimate of drug-likeness (QED) is 0.534. The van der Waals surface area contributed by atoms with Crippen molar-refractivity contribution in [2.24, 2.45) is 0 Å². The maximum Gasteiger partial charge on any atom is 0.305 e. The standard InChI is InChI=1S/C14H13FN2O3S/c1-9-5-6-11(16)7-13(9)21(20)8-10-3-2-4-12(14(10)15)17(18)19/h2-7H,8,16H2,1H3. The summed E-state index contributed by atoms with van der Waals surface area (Å²) >= 11 is 0. The van der Waals surface area contributed by atoms with Crippen molar-refractivity contribution in [2.45, 2.75) is 17.6 Å². The van der Waals surface area contributed by atoms with Crippen LogP contribution in [-0.4, -0.2) is 9.13 Å². The summed E-state index contributed by atoms with van der Waals surface area (Å²) in [6.07, 6.45) is 0. The van der Waals surface area contributed by atoms with Crippen LogP contribution in [-0.2, 0) is 16.6 Å². The number of nitro groups is 1. The number of halogens is 1. The zero-order valence-corrected chi connectivity index (χ0v) is 12.0. The molecule has 2 aromatic rings. The van der Waals surface area contributed by atoms with Gasteiger partial charge in [0.05, 0.1) is 21.5 Å². The first-order valence-corrected chi connectivity index (χ1v) is 7.38. The van der Waals surface area contributed by atoms with E-state index in [2.05, 4.69) is 0 Å². The van der Waals surface area contributed by atoms with Crippen molar-refractivity contribution in [3.8, 4) is 0 Å². The fraction of sp³-hybridized carbons (Fsp3) is 0.143. The van der Waals surface area contributed by atoms with Crippen LogP contribution in [0.25, 0.3) is 0 Å². The molecule has 5 nitrogen and oxygen atoms in total. The number of hydrogen-bond donors (Lipinski definition) is 1. The molecular weight excluding hydrogens is 295 g/mol. The third-order valence-corrected chi connectivity index (χ3v) is 4.50. The summed E-state index contributed by atoms with van der Waals surface area (Å²) in [6.45, 7) is 1.77. The average Bonchev–Trinajstić information content (AvgIpc) is 2.43. The molecule has 0 bridgehead atoms. The van der Waals surface area contributed by atoms with E-state index < -0.39 is 27.2 Å². The second kappa shape index (κ2) is 6.01. The summed E-state index contributed by atoms with van der Waals surface area (Å²) in [5.41, 5.74) is 6.32. The molecule has 1 unspecified atom stereocenters. The Bertz CT molecular complexity index is 734. The van der Waals surface area contributed by atoms with Gasteiger partial charge in [0.1, 0.15) is 0 Å². The molecule has 2 rings (SSSR count). The van der Waals surface area contributed by atoms with Crippen molar-refractivity contribution in [1.29, 1.82) is 0 Å². The highest BCUT2D eigenvalue weighted by Crippen LogP contribution is 2.24. The largest absolute Gasteiger partial charge is 0.399 e. The summed E-state index contributed by atoms with van der Waals surface area (Å²) in [4.78, 5) is 10.4. The van der Waals surface area contributed by atoms with Crippen LogP contribution in [0.4, 0.5) is 15.8 Å². The lowest BCUT2D eigenvalue weighted by molar-refractivity contribution is -0.387. The lowest BCUT2D eigenvalue weighted by Crippen LogP contribution is -2.03. The molecule has 7 heteroatoms. The molecule has 0 heterocycles. The highest BCUT2D eigenvalue weighted by molar-refractivity contribution is 7.84. The van der Waals surface area contributed by atoms with Gasteiger partial charge in [-0.2, -0.15) is 4.39 Å². The second-order valence-corrected chi connectivity index (χ2v) is 5.94. The maximum absolute atomic E-state index is 14.0. The van der Waals surface area contributed by atoms with Crippen LogP contribution in [0.5, 0.6) is 0 Å². The SMILES string of the molecule is Cc1ccc(N)cc1S(=O)Cc1cccc([N+](=O)[O-])c1F. The van der Waals surface area contributed by atoms with E-state index in [1.54, 1.807) is 25.1 Å². The van der Waals surface area contributed by atoms with Crippen LogP contribution in [0.3, 0.4) is 0 Å². The van der Waals surface area contributed by atoms with Gasteiger partial charge >= 0.3 is 5.69 Å².